The molecule has 0 N–H and O–H groups in total. The number of hydrogen-bond donors (Lipinski definition) is 0. The lowest BCUT2D eigenvalue weighted by molar-refractivity contribution is -0.134. The van der Waals surface area contributed by atoms with Gasteiger partial charge in [-0.05, 0) is 55.1 Å². The van der Waals surface area contributed by atoms with Gasteiger partial charge >= 0.3 is 0 Å². The maximum absolute atomic E-state index is 13.1. The first-order chi connectivity index (χ1) is 12.5. The lowest BCUT2D eigenvalue weighted by Gasteiger charge is -2.34. The molecular formula is C20H20N2OS3. The summed E-state index contributed by atoms with van der Waals surface area (Å²) in [6.07, 6.45) is 0.947. The number of thiazole rings is 1. The van der Waals surface area contributed by atoms with Crippen molar-refractivity contribution in [3.8, 4) is 11.3 Å². The van der Waals surface area contributed by atoms with Gasteiger partial charge in [-0.2, -0.15) is 0 Å². The van der Waals surface area contributed by atoms with Crippen LogP contribution >= 0.6 is 34.9 Å². The van der Waals surface area contributed by atoms with Crippen LogP contribution < -0.4 is 0 Å². The van der Waals surface area contributed by atoms with Crippen LogP contribution in [0.2, 0.25) is 0 Å². The number of carbonyl (C=O) groups is 1. The molecule has 3 heterocycles. The van der Waals surface area contributed by atoms with Gasteiger partial charge in [0, 0.05) is 16.8 Å². The second kappa shape index (κ2) is 7.10. The molecule has 1 amide bonds. The molecule has 0 bridgehead atoms. The Morgan fingerprint density at radius 1 is 1.23 bits per heavy atom. The van der Waals surface area contributed by atoms with Crippen molar-refractivity contribution < 1.29 is 4.79 Å². The summed E-state index contributed by atoms with van der Waals surface area (Å²) in [7, 11) is 0. The molecule has 0 radical (unpaired) electrons. The molecule has 0 unspecified atom stereocenters. The van der Waals surface area contributed by atoms with E-state index in [1.807, 2.05) is 9.47 Å². The van der Waals surface area contributed by atoms with E-state index in [1.165, 1.54) is 27.3 Å². The molecule has 3 nitrogen and oxygen atoms in total. The molecule has 1 atom stereocenters. The van der Waals surface area contributed by atoms with Crippen LogP contribution in [-0.2, 0) is 17.8 Å². The maximum atomic E-state index is 13.1. The second-order valence-corrected chi connectivity index (χ2v) is 9.16. The van der Waals surface area contributed by atoms with Crippen LogP contribution in [0.1, 0.15) is 29.0 Å². The minimum absolute atomic E-state index is 0.133. The number of carbonyl (C=O) groups excluding carboxylic acids is 1. The van der Waals surface area contributed by atoms with E-state index in [-0.39, 0.29) is 11.9 Å². The average molecular weight is 401 g/mol. The van der Waals surface area contributed by atoms with Crippen molar-refractivity contribution in [2.45, 2.75) is 32.9 Å². The first kappa shape index (κ1) is 17.6. The highest BCUT2D eigenvalue weighted by atomic mass is 32.1. The molecular weight excluding hydrogens is 380 g/mol. The maximum Gasteiger partial charge on any atom is 0.243 e. The topological polar surface area (TPSA) is 25.2 Å². The van der Waals surface area contributed by atoms with Crippen molar-refractivity contribution in [1.82, 2.24) is 9.47 Å². The zero-order valence-electron chi connectivity index (χ0n) is 14.8. The Kier molecular flexibility index (Phi) is 4.82. The van der Waals surface area contributed by atoms with E-state index in [1.54, 1.807) is 11.3 Å². The number of thiophene rings is 1. The summed E-state index contributed by atoms with van der Waals surface area (Å²) in [5, 5.41) is 4.18. The first-order valence-corrected chi connectivity index (χ1v) is 10.8. The summed E-state index contributed by atoms with van der Waals surface area (Å²) in [6, 6.07) is 10.6. The average Bonchev–Trinajstić information content (AvgIpc) is 3.24. The van der Waals surface area contributed by atoms with E-state index in [2.05, 4.69) is 54.9 Å². The second-order valence-electron chi connectivity index (χ2n) is 6.65. The van der Waals surface area contributed by atoms with Crippen molar-refractivity contribution in [3.05, 3.63) is 61.1 Å². The quantitative estimate of drug-likeness (QED) is 0.545. The number of aryl methyl sites for hydroxylation is 1. The lowest BCUT2D eigenvalue weighted by atomic mass is 10.0. The van der Waals surface area contributed by atoms with Crippen LogP contribution in [-0.4, -0.2) is 21.9 Å². The van der Waals surface area contributed by atoms with Crippen LogP contribution in [0, 0.1) is 10.9 Å². The minimum atomic E-state index is 0.133. The van der Waals surface area contributed by atoms with Crippen LogP contribution in [0.3, 0.4) is 0 Å². The number of nitrogens with zero attached hydrogens (tertiary/aromatic N) is 2. The molecule has 0 spiro atoms. The predicted molar refractivity (Wildman–Crippen MR) is 111 cm³/mol. The zero-order valence-corrected chi connectivity index (χ0v) is 17.2. The minimum Gasteiger partial charge on any atom is -0.334 e. The van der Waals surface area contributed by atoms with E-state index >= 15 is 0 Å². The normalized spacial score (nSPS) is 16.5. The van der Waals surface area contributed by atoms with Crippen molar-refractivity contribution in [3.63, 3.8) is 0 Å². The molecule has 134 valence electrons. The Bertz CT molecular complexity index is 997. The Labute approximate surface area is 166 Å². The first-order valence-electron chi connectivity index (χ1n) is 8.65. The third-order valence-electron chi connectivity index (χ3n) is 5.02. The Hall–Kier alpha value is -1.76. The van der Waals surface area contributed by atoms with Gasteiger partial charge in [0.25, 0.3) is 0 Å². The summed E-state index contributed by atoms with van der Waals surface area (Å²) in [5.74, 6) is 0.136. The fourth-order valence-corrected chi connectivity index (χ4v) is 5.54. The lowest BCUT2D eigenvalue weighted by Crippen LogP contribution is -2.40. The summed E-state index contributed by atoms with van der Waals surface area (Å²) >= 11 is 8.82. The van der Waals surface area contributed by atoms with Gasteiger partial charge in [0.1, 0.15) is 6.54 Å². The molecule has 1 aliphatic rings. The Morgan fingerprint density at radius 2 is 2.00 bits per heavy atom. The fourth-order valence-electron chi connectivity index (χ4n) is 3.51. The Balaban J connectivity index is 1.60. The van der Waals surface area contributed by atoms with Crippen LogP contribution in [0.5, 0.6) is 0 Å². The van der Waals surface area contributed by atoms with Gasteiger partial charge in [-0.15, -0.1) is 22.7 Å². The SMILES string of the molecule is Cc1ccc(-c2csc(=S)n2CC(=O)N2CCc3sccc3[C@@H]2C)cc1. The number of rotatable bonds is 3. The monoisotopic (exact) mass is 400 g/mol. The Morgan fingerprint density at radius 3 is 2.77 bits per heavy atom. The van der Waals surface area contributed by atoms with E-state index in [0.717, 1.165) is 28.2 Å². The van der Waals surface area contributed by atoms with Gasteiger partial charge < -0.3 is 9.47 Å². The summed E-state index contributed by atoms with van der Waals surface area (Å²) in [5.41, 5.74) is 4.64. The number of fused-ring (bicyclic) bond motifs is 1. The number of benzene rings is 1. The largest absolute Gasteiger partial charge is 0.334 e. The molecule has 4 rings (SSSR count). The smallest absolute Gasteiger partial charge is 0.243 e. The van der Waals surface area contributed by atoms with E-state index < -0.39 is 0 Å². The fraction of sp³-hybridized carbons (Fsp3) is 0.300. The third-order valence-corrected chi connectivity index (χ3v) is 7.29. The summed E-state index contributed by atoms with van der Waals surface area (Å²) in [6.45, 7) is 5.28. The highest BCUT2D eigenvalue weighted by molar-refractivity contribution is 7.73. The van der Waals surface area contributed by atoms with Crippen LogP contribution in [0.4, 0.5) is 0 Å². The van der Waals surface area contributed by atoms with Gasteiger partial charge in [0.2, 0.25) is 5.91 Å². The van der Waals surface area contributed by atoms with Crippen molar-refractivity contribution in [2.75, 3.05) is 6.54 Å². The molecule has 0 fully saturated rings. The molecule has 0 aliphatic carbocycles. The zero-order chi connectivity index (χ0) is 18.3. The molecule has 1 aliphatic heterocycles. The van der Waals surface area contributed by atoms with Crippen molar-refractivity contribution >= 4 is 40.8 Å². The molecule has 2 aromatic heterocycles. The highest BCUT2D eigenvalue weighted by Gasteiger charge is 2.28. The van der Waals surface area contributed by atoms with Gasteiger partial charge in [0.05, 0.1) is 11.7 Å². The van der Waals surface area contributed by atoms with E-state index in [4.69, 9.17) is 12.2 Å². The molecule has 0 saturated carbocycles. The predicted octanol–water partition coefficient (Wildman–Crippen LogP) is 5.46. The molecule has 26 heavy (non-hydrogen) atoms. The van der Waals surface area contributed by atoms with Crippen LogP contribution in [0.15, 0.2) is 41.1 Å². The number of amides is 1. The summed E-state index contributed by atoms with van der Waals surface area (Å²) in [4.78, 5) is 16.5. The van der Waals surface area contributed by atoms with Gasteiger partial charge in [-0.3, -0.25) is 4.79 Å². The van der Waals surface area contributed by atoms with Crippen LogP contribution in [0.25, 0.3) is 11.3 Å². The third kappa shape index (κ3) is 3.17. The van der Waals surface area contributed by atoms with E-state index in [0.29, 0.717) is 6.54 Å². The molecule has 0 saturated heterocycles. The van der Waals surface area contributed by atoms with Crippen molar-refractivity contribution in [2.24, 2.45) is 0 Å². The van der Waals surface area contributed by atoms with Crippen molar-refractivity contribution in [1.29, 1.82) is 0 Å². The highest BCUT2D eigenvalue weighted by Crippen LogP contribution is 2.33. The van der Waals surface area contributed by atoms with Gasteiger partial charge in [-0.25, -0.2) is 0 Å². The molecule has 6 heteroatoms. The number of aromatic nitrogens is 1. The number of hydrogen-bond acceptors (Lipinski definition) is 4. The van der Waals surface area contributed by atoms with Gasteiger partial charge in [0.15, 0.2) is 3.95 Å². The van der Waals surface area contributed by atoms with E-state index in [9.17, 15) is 4.79 Å². The van der Waals surface area contributed by atoms with Gasteiger partial charge in [-0.1, -0.05) is 29.8 Å². The molecule has 3 aromatic rings. The standard InChI is InChI=1S/C20H20N2OS3/c1-13-3-5-15(6-4-13)17-12-26-20(24)22(17)11-19(23)21-9-7-18-16(14(21)2)8-10-25-18/h3-6,8,10,12,14H,7,9,11H2,1-2H3/t14-/m0/s1. The molecule has 1 aromatic carbocycles. The summed E-state index contributed by atoms with van der Waals surface area (Å²) < 4.78 is 2.72.